The molecular formula is C19H15BrN2O3S. The Morgan fingerprint density at radius 2 is 1.88 bits per heavy atom. The Bertz CT molecular complexity index is 883. The minimum Gasteiger partial charge on any atom is -0.350 e. The van der Waals surface area contributed by atoms with E-state index < -0.39 is 0 Å². The zero-order valence-corrected chi connectivity index (χ0v) is 16.0. The molecule has 1 fully saturated rings. The lowest BCUT2D eigenvalue weighted by Gasteiger charge is -2.13. The van der Waals surface area contributed by atoms with E-state index in [1.54, 1.807) is 24.3 Å². The number of nitrogens with one attached hydrogen (secondary N) is 1. The second-order valence-corrected chi connectivity index (χ2v) is 7.42. The molecule has 3 amide bonds. The Labute approximate surface area is 163 Å². The molecule has 7 heteroatoms. The summed E-state index contributed by atoms with van der Waals surface area (Å²) in [5.41, 5.74) is 1.37. The first-order valence-electron chi connectivity index (χ1n) is 7.89. The van der Waals surface area contributed by atoms with Gasteiger partial charge in [-0.3, -0.25) is 19.3 Å². The van der Waals surface area contributed by atoms with Crippen molar-refractivity contribution in [2.45, 2.75) is 0 Å². The second-order valence-electron chi connectivity index (χ2n) is 5.51. The Hall–Kier alpha value is -2.38. The maximum absolute atomic E-state index is 12.4. The quantitative estimate of drug-likeness (QED) is 0.729. The minimum atomic E-state index is -0.333. The highest BCUT2D eigenvalue weighted by Gasteiger charge is 2.34. The van der Waals surface area contributed by atoms with Crippen molar-refractivity contribution in [1.29, 1.82) is 0 Å². The van der Waals surface area contributed by atoms with Crippen molar-refractivity contribution in [3.05, 3.63) is 75.1 Å². The average Bonchev–Trinajstić information content (AvgIpc) is 2.90. The zero-order chi connectivity index (χ0) is 18.5. The normalized spacial score (nSPS) is 15.6. The largest absolute Gasteiger partial charge is 0.350 e. The van der Waals surface area contributed by atoms with E-state index >= 15 is 0 Å². The highest BCUT2D eigenvalue weighted by Crippen LogP contribution is 2.31. The fourth-order valence-electron chi connectivity index (χ4n) is 2.41. The molecule has 2 aromatic carbocycles. The fourth-order valence-corrected chi connectivity index (χ4v) is 3.67. The van der Waals surface area contributed by atoms with Crippen molar-refractivity contribution in [2.24, 2.45) is 0 Å². The van der Waals surface area contributed by atoms with Crippen LogP contribution in [0.25, 0.3) is 6.08 Å². The number of carbonyl (C=O) groups excluding carboxylic acids is 3. The van der Waals surface area contributed by atoms with Crippen LogP contribution in [0.1, 0.15) is 15.9 Å². The van der Waals surface area contributed by atoms with Gasteiger partial charge in [-0.05, 0) is 41.6 Å². The van der Waals surface area contributed by atoms with Crippen LogP contribution in [0, 0.1) is 0 Å². The Morgan fingerprint density at radius 1 is 1.12 bits per heavy atom. The van der Waals surface area contributed by atoms with Gasteiger partial charge in [0.15, 0.2) is 0 Å². The minimum absolute atomic E-state index is 0.135. The van der Waals surface area contributed by atoms with Crippen LogP contribution in [0.2, 0.25) is 0 Å². The van der Waals surface area contributed by atoms with Crippen molar-refractivity contribution in [3.8, 4) is 0 Å². The van der Waals surface area contributed by atoms with Crippen molar-refractivity contribution in [3.63, 3.8) is 0 Å². The van der Waals surface area contributed by atoms with Gasteiger partial charge in [-0.2, -0.15) is 0 Å². The Balaban J connectivity index is 1.58. The summed E-state index contributed by atoms with van der Waals surface area (Å²) in [5, 5.41) is 2.40. The molecule has 0 unspecified atom stereocenters. The molecule has 2 aromatic rings. The maximum Gasteiger partial charge on any atom is 0.293 e. The van der Waals surface area contributed by atoms with Crippen molar-refractivity contribution < 1.29 is 14.4 Å². The molecule has 1 aliphatic rings. The van der Waals surface area contributed by atoms with E-state index in [4.69, 9.17) is 0 Å². The van der Waals surface area contributed by atoms with Crippen LogP contribution in [0.5, 0.6) is 0 Å². The van der Waals surface area contributed by atoms with Crippen molar-refractivity contribution in [1.82, 2.24) is 10.2 Å². The molecule has 132 valence electrons. The highest BCUT2D eigenvalue weighted by molar-refractivity contribution is 9.10. The standard InChI is InChI=1S/C19H15BrN2O3S/c20-15-8-4-7-14(12-15)17(23)21-9-10-22-18(24)16(26-19(22)25)11-13-5-2-1-3-6-13/h1-8,11-12H,9-10H2,(H,21,23)/b16-11+. The van der Waals surface area contributed by atoms with Gasteiger partial charge in [-0.15, -0.1) is 0 Å². The van der Waals surface area contributed by atoms with Crippen LogP contribution >= 0.6 is 27.7 Å². The number of thioether (sulfide) groups is 1. The molecule has 0 aromatic heterocycles. The van der Waals surface area contributed by atoms with Crippen LogP contribution in [-0.4, -0.2) is 35.0 Å². The lowest BCUT2D eigenvalue weighted by molar-refractivity contribution is -0.122. The summed E-state index contributed by atoms with van der Waals surface area (Å²) in [7, 11) is 0. The number of benzene rings is 2. The third-order valence-corrected chi connectivity index (χ3v) is 5.08. The van der Waals surface area contributed by atoms with Gasteiger partial charge in [0, 0.05) is 23.1 Å². The first kappa shape index (κ1) is 18.4. The summed E-state index contributed by atoms with van der Waals surface area (Å²) in [4.78, 5) is 38.1. The van der Waals surface area contributed by atoms with E-state index in [9.17, 15) is 14.4 Å². The summed E-state index contributed by atoms with van der Waals surface area (Å²) in [6.07, 6.45) is 1.70. The highest BCUT2D eigenvalue weighted by atomic mass is 79.9. The molecule has 0 spiro atoms. The lowest BCUT2D eigenvalue weighted by atomic mass is 10.2. The van der Waals surface area contributed by atoms with Gasteiger partial charge in [0.1, 0.15) is 0 Å². The van der Waals surface area contributed by atoms with Crippen LogP contribution in [0.15, 0.2) is 64.0 Å². The molecule has 1 N–H and O–H groups in total. The van der Waals surface area contributed by atoms with Crippen LogP contribution in [-0.2, 0) is 4.79 Å². The maximum atomic E-state index is 12.4. The fraction of sp³-hybridized carbons (Fsp3) is 0.105. The summed E-state index contributed by atoms with van der Waals surface area (Å²) in [5.74, 6) is -0.585. The van der Waals surface area contributed by atoms with E-state index in [0.29, 0.717) is 10.5 Å². The van der Waals surface area contributed by atoms with Crippen molar-refractivity contribution >= 4 is 50.8 Å². The number of hydrogen-bond donors (Lipinski definition) is 1. The third-order valence-electron chi connectivity index (χ3n) is 3.68. The molecule has 0 bridgehead atoms. The SMILES string of the molecule is O=C(NCCN1C(=O)S/C(=C/c2ccccc2)C1=O)c1cccc(Br)c1. The van der Waals surface area contributed by atoms with E-state index in [1.165, 1.54) is 0 Å². The third kappa shape index (κ3) is 4.42. The number of imide groups is 1. The van der Waals surface area contributed by atoms with Gasteiger partial charge < -0.3 is 5.32 Å². The molecule has 1 aliphatic heterocycles. The summed E-state index contributed by atoms with van der Waals surface area (Å²) in [6.45, 7) is 0.332. The molecule has 26 heavy (non-hydrogen) atoms. The zero-order valence-electron chi connectivity index (χ0n) is 13.6. The number of rotatable bonds is 5. The number of hydrogen-bond acceptors (Lipinski definition) is 4. The molecule has 0 atom stereocenters. The molecule has 1 heterocycles. The van der Waals surface area contributed by atoms with E-state index in [2.05, 4.69) is 21.2 Å². The van der Waals surface area contributed by atoms with E-state index in [1.807, 2.05) is 36.4 Å². The first-order valence-corrected chi connectivity index (χ1v) is 9.50. The van der Waals surface area contributed by atoms with Crippen LogP contribution in [0.3, 0.4) is 0 Å². The number of amides is 3. The predicted octanol–water partition coefficient (Wildman–Crippen LogP) is 3.92. The summed E-state index contributed by atoms with van der Waals surface area (Å²) in [6, 6.07) is 16.4. The second kappa shape index (κ2) is 8.33. The molecule has 5 nitrogen and oxygen atoms in total. The topological polar surface area (TPSA) is 66.5 Å². The van der Waals surface area contributed by atoms with Gasteiger partial charge in [0.25, 0.3) is 17.1 Å². The smallest absolute Gasteiger partial charge is 0.293 e. The molecule has 0 radical (unpaired) electrons. The molecule has 3 rings (SSSR count). The molecule has 1 saturated heterocycles. The van der Waals surface area contributed by atoms with E-state index in [-0.39, 0.29) is 30.1 Å². The predicted molar refractivity (Wildman–Crippen MR) is 106 cm³/mol. The van der Waals surface area contributed by atoms with Crippen LogP contribution in [0.4, 0.5) is 4.79 Å². The first-order chi connectivity index (χ1) is 12.5. The molecule has 0 aliphatic carbocycles. The Morgan fingerprint density at radius 3 is 2.62 bits per heavy atom. The number of nitrogens with zero attached hydrogens (tertiary/aromatic N) is 1. The monoisotopic (exact) mass is 430 g/mol. The van der Waals surface area contributed by atoms with Crippen LogP contribution < -0.4 is 5.32 Å². The summed E-state index contributed by atoms with van der Waals surface area (Å²) < 4.78 is 0.808. The van der Waals surface area contributed by atoms with Gasteiger partial charge in [-0.1, -0.05) is 52.3 Å². The van der Waals surface area contributed by atoms with Gasteiger partial charge in [0.2, 0.25) is 0 Å². The van der Waals surface area contributed by atoms with Gasteiger partial charge in [0.05, 0.1) is 4.91 Å². The number of carbonyl (C=O) groups is 3. The lowest BCUT2D eigenvalue weighted by Crippen LogP contribution is -2.37. The van der Waals surface area contributed by atoms with E-state index in [0.717, 1.165) is 26.7 Å². The molecule has 0 saturated carbocycles. The molecular weight excluding hydrogens is 416 g/mol. The van der Waals surface area contributed by atoms with Crippen molar-refractivity contribution in [2.75, 3.05) is 13.1 Å². The summed E-state index contributed by atoms with van der Waals surface area (Å²) >= 11 is 4.23. The number of halogens is 1. The van der Waals surface area contributed by atoms with Gasteiger partial charge >= 0.3 is 0 Å². The Kier molecular flexibility index (Phi) is 5.90. The average molecular weight is 431 g/mol. The van der Waals surface area contributed by atoms with Gasteiger partial charge in [-0.25, -0.2) is 0 Å².